The Kier molecular flexibility index (Phi) is 5.63. The van der Waals surface area contributed by atoms with Gasteiger partial charge in [-0.05, 0) is 57.7 Å². The highest BCUT2D eigenvalue weighted by Gasteiger charge is 2.29. The SMILES string of the molecule is CC(NCC1CCN(C(=O)OC(C)(C)C)C1)c1ccc(F)cc1. The summed E-state index contributed by atoms with van der Waals surface area (Å²) in [5.74, 6) is 0.204. The first-order chi connectivity index (χ1) is 10.7. The van der Waals surface area contributed by atoms with E-state index in [1.165, 1.54) is 12.1 Å². The summed E-state index contributed by atoms with van der Waals surface area (Å²) in [4.78, 5) is 13.8. The average molecular weight is 322 g/mol. The van der Waals surface area contributed by atoms with Crippen LogP contribution < -0.4 is 5.32 Å². The van der Waals surface area contributed by atoms with E-state index in [4.69, 9.17) is 4.74 Å². The van der Waals surface area contributed by atoms with E-state index >= 15 is 0 Å². The minimum Gasteiger partial charge on any atom is -0.444 e. The van der Waals surface area contributed by atoms with Gasteiger partial charge in [-0.2, -0.15) is 0 Å². The monoisotopic (exact) mass is 322 g/mol. The molecule has 2 unspecified atom stereocenters. The lowest BCUT2D eigenvalue weighted by molar-refractivity contribution is 0.0288. The fourth-order valence-corrected chi connectivity index (χ4v) is 2.70. The summed E-state index contributed by atoms with van der Waals surface area (Å²) in [5, 5.41) is 3.47. The summed E-state index contributed by atoms with van der Waals surface area (Å²) < 4.78 is 18.4. The van der Waals surface area contributed by atoms with Crippen LogP contribution in [0.3, 0.4) is 0 Å². The van der Waals surface area contributed by atoms with Gasteiger partial charge < -0.3 is 15.0 Å². The second kappa shape index (κ2) is 7.30. The number of halogens is 1. The number of benzene rings is 1. The summed E-state index contributed by atoms with van der Waals surface area (Å²) in [6.07, 6.45) is 0.745. The molecule has 1 aromatic rings. The van der Waals surface area contributed by atoms with Crippen molar-refractivity contribution in [2.45, 2.75) is 45.8 Å². The number of hydrogen-bond acceptors (Lipinski definition) is 3. The quantitative estimate of drug-likeness (QED) is 0.918. The first-order valence-corrected chi connectivity index (χ1v) is 8.21. The van der Waals surface area contributed by atoms with Crippen LogP contribution in [0.15, 0.2) is 24.3 Å². The molecule has 1 amide bonds. The van der Waals surface area contributed by atoms with E-state index in [9.17, 15) is 9.18 Å². The fraction of sp³-hybridized carbons (Fsp3) is 0.611. The Hall–Kier alpha value is -1.62. The largest absolute Gasteiger partial charge is 0.444 e. The number of carbonyl (C=O) groups excluding carboxylic acids is 1. The first kappa shape index (κ1) is 17.7. The molecule has 0 aliphatic carbocycles. The lowest BCUT2D eigenvalue weighted by atomic mass is 10.1. The molecule has 0 spiro atoms. The topological polar surface area (TPSA) is 41.6 Å². The van der Waals surface area contributed by atoms with Crippen molar-refractivity contribution in [1.29, 1.82) is 0 Å². The van der Waals surface area contributed by atoms with E-state index in [-0.39, 0.29) is 18.0 Å². The van der Waals surface area contributed by atoms with Gasteiger partial charge in [-0.25, -0.2) is 9.18 Å². The molecule has 2 rings (SSSR count). The maximum absolute atomic E-state index is 12.9. The van der Waals surface area contributed by atoms with Crippen LogP contribution in [0.1, 0.15) is 45.7 Å². The molecule has 0 bridgehead atoms. The summed E-state index contributed by atoms with van der Waals surface area (Å²) in [5.41, 5.74) is 0.609. The lowest BCUT2D eigenvalue weighted by Gasteiger charge is -2.24. The zero-order valence-corrected chi connectivity index (χ0v) is 14.4. The van der Waals surface area contributed by atoms with E-state index in [0.29, 0.717) is 5.92 Å². The second-order valence-electron chi connectivity index (χ2n) is 7.26. The smallest absolute Gasteiger partial charge is 0.410 e. The number of likely N-dealkylation sites (tertiary alicyclic amines) is 1. The number of rotatable bonds is 4. The normalized spacial score (nSPS) is 19.7. The van der Waals surface area contributed by atoms with Gasteiger partial charge in [0, 0.05) is 25.7 Å². The maximum Gasteiger partial charge on any atom is 0.410 e. The van der Waals surface area contributed by atoms with Crippen LogP contribution in [0.4, 0.5) is 9.18 Å². The van der Waals surface area contributed by atoms with Gasteiger partial charge in [-0.15, -0.1) is 0 Å². The molecular weight excluding hydrogens is 295 g/mol. The molecule has 2 atom stereocenters. The Labute approximate surface area is 138 Å². The predicted octanol–water partition coefficient (Wildman–Crippen LogP) is 3.73. The molecule has 1 aromatic carbocycles. The van der Waals surface area contributed by atoms with Crippen molar-refractivity contribution in [3.8, 4) is 0 Å². The van der Waals surface area contributed by atoms with Crippen LogP contribution in [0.5, 0.6) is 0 Å². The number of nitrogens with zero attached hydrogens (tertiary/aromatic N) is 1. The van der Waals surface area contributed by atoms with Gasteiger partial charge in [0.25, 0.3) is 0 Å². The van der Waals surface area contributed by atoms with E-state index in [2.05, 4.69) is 12.2 Å². The van der Waals surface area contributed by atoms with Gasteiger partial charge in [-0.3, -0.25) is 0 Å². The highest BCUT2D eigenvalue weighted by molar-refractivity contribution is 5.68. The highest BCUT2D eigenvalue weighted by Crippen LogP contribution is 2.20. The Morgan fingerprint density at radius 1 is 1.39 bits per heavy atom. The number of nitrogens with one attached hydrogen (secondary N) is 1. The standard InChI is InChI=1S/C18H27FN2O2/c1-13(15-5-7-16(19)8-6-15)20-11-14-9-10-21(12-14)17(22)23-18(2,3)4/h5-8,13-14,20H,9-12H2,1-4H3. The molecule has 23 heavy (non-hydrogen) atoms. The fourth-order valence-electron chi connectivity index (χ4n) is 2.70. The van der Waals surface area contributed by atoms with Crippen LogP contribution in [0.25, 0.3) is 0 Å². The Morgan fingerprint density at radius 2 is 2.04 bits per heavy atom. The van der Waals surface area contributed by atoms with Gasteiger partial charge in [0.15, 0.2) is 0 Å². The molecule has 1 N–H and O–H groups in total. The molecule has 1 heterocycles. The van der Waals surface area contributed by atoms with E-state index in [1.807, 2.05) is 20.8 Å². The molecule has 1 saturated heterocycles. The van der Waals surface area contributed by atoms with E-state index in [1.54, 1.807) is 17.0 Å². The van der Waals surface area contributed by atoms with Crippen molar-refractivity contribution in [3.63, 3.8) is 0 Å². The molecular formula is C18H27FN2O2. The molecule has 4 nitrogen and oxygen atoms in total. The van der Waals surface area contributed by atoms with Crippen molar-refractivity contribution in [2.75, 3.05) is 19.6 Å². The molecule has 0 aromatic heterocycles. The molecule has 1 aliphatic heterocycles. The third-order valence-corrected chi connectivity index (χ3v) is 4.02. The molecule has 0 radical (unpaired) electrons. The summed E-state index contributed by atoms with van der Waals surface area (Å²) in [7, 11) is 0. The number of carbonyl (C=O) groups is 1. The van der Waals surface area contributed by atoms with Crippen LogP contribution in [-0.4, -0.2) is 36.2 Å². The summed E-state index contributed by atoms with van der Waals surface area (Å²) >= 11 is 0. The lowest BCUT2D eigenvalue weighted by Crippen LogP contribution is -2.36. The van der Waals surface area contributed by atoms with Crippen molar-refractivity contribution in [3.05, 3.63) is 35.6 Å². The number of hydrogen-bond donors (Lipinski definition) is 1. The van der Waals surface area contributed by atoms with Gasteiger partial charge in [0.2, 0.25) is 0 Å². The Balaban J connectivity index is 1.77. The minimum atomic E-state index is -0.454. The molecule has 5 heteroatoms. The zero-order chi connectivity index (χ0) is 17.0. The van der Waals surface area contributed by atoms with Crippen molar-refractivity contribution >= 4 is 6.09 Å². The van der Waals surface area contributed by atoms with Gasteiger partial charge >= 0.3 is 6.09 Å². The molecule has 128 valence electrons. The third kappa shape index (κ3) is 5.50. The van der Waals surface area contributed by atoms with Crippen LogP contribution in [0, 0.1) is 11.7 Å². The van der Waals surface area contributed by atoms with Crippen molar-refractivity contribution < 1.29 is 13.9 Å². The highest BCUT2D eigenvalue weighted by atomic mass is 19.1. The number of amides is 1. The van der Waals surface area contributed by atoms with Crippen LogP contribution >= 0.6 is 0 Å². The average Bonchev–Trinajstić information content (AvgIpc) is 2.93. The Bertz CT molecular complexity index is 525. The van der Waals surface area contributed by atoms with Crippen molar-refractivity contribution in [2.24, 2.45) is 5.92 Å². The summed E-state index contributed by atoms with van der Waals surface area (Å²) in [6, 6.07) is 6.72. The minimum absolute atomic E-state index is 0.158. The summed E-state index contributed by atoms with van der Waals surface area (Å²) in [6.45, 7) is 10.00. The van der Waals surface area contributed by atoms with Crippen LogP contribution in [0.2, 0.25) is 0 Å². The van der Waals surface area contributed by atoms with Gasteiger partial charge in [0.05, 0.1) is 0 Å². The molecule has 1 fully saturated rings. The number of ether oxygens (including phenoxy) is 1. The first-order valence-electron chi connectivity index (χ1n) is 8.21. The zero-order valence-electron chi connectivity index (χ0n) is 14.4. The van der Waals surface area contributed by atoms with Gasteiger partial charge in [-0.1, -0.05) is 12.1 Å². The van der Waals surface area contributed by atoms with E-state index < -0.39 is 5.60 Å². The third-order valence-electron chi connectivity index (χ3n) is 4.02. The van der Waals surface area contributed by atoms with E-state index in [0.717, 1.165) is 31.6 Å². The second-order valence-corrected chi connectivity index (χ2v) is 7.26. The molecule has 0 saturated carbocycles. The predicted molar refractivity (Wildman–Crippen MR) is 88.7 cm³/mol. The maximum atomic E-state index is 12.9. The Morgan fingerprint density at radius 3 is 2.65 bits per heavy atom. The van der Waals surface area contributed by atoms with Crippen LogP contribution in [-0.2, 0) is 4.74 Å². The molecule has 1 aliphatic rings. The van der Waals surface area contributed by atoms with Crippen molar-refractivity contribution in [1.82, 2.24) is 10.2 Å². The van der Waals surface area contributed by atoms with Gasteiger partial charge in [0.1, 0.15) is 11.4 Å².